The van der Waals surface area contributed by atoms with Crippen molar-refractivity contribution in [1.82, 2.24) is 0 Å². The molecule has 0 aliphatic carbocycles. The van der Waals surface area contributed by atoms with Gasteiger partial charge in [-0.05, 0) is 29.9 Å². The minimum absolute atomic E-state index is 0.122. The predicted octanol–water partition coefficient (Wildman–Crippen LogP) is 3.31. The smallest absolute Gasteiger partial charge is 0.0488 e. The maximum absolute atomic E-state index is 6.24. The van der Waals surface area contributed by atoms with Crippen LogP contribution in [-0.4, -0.2) is 13.7 Å². The molecule has 0 saturated carbocycles. The number of ether oxygens (including phenoxy) is 1. The second-order valence-corrected chi connectivity index (χ2v) is 4.90. The maximum atomic E-state index is 6.24. The third kappa shape index (κ3) is 4.88. The topological polar surface area (TPSA) is 35.2 Å². The van der Waals surface area contributed by atoms with Gasteiger partial charge in [0, 0.05) is 19.8 Å². The number of hydrogen-bond donors (Lipinski definition) is 1. The van der Waals surface area contributed by atoms with Crippen LogP contribution < -0.4 is 5.73 Å². The molecule has 0 saturated heterocycles. The van der Waals surface area contributed by atoms with E-state index in [9.17, 15) is 0 Å². The molecule has 0 aromatic heterocycles. The van der Waals surface area contributed by atoms with Crippen molar-refractivity contribution < 1.29 is 4.74 Å². The largest absolute Gasteiger partial charge is 0.384 e. The molecule has 2 atom stereocenters. The molecule has 17 heavy (non-hydrogen) atoms. The SMILES string of the molecule is CCCc1cccc(C(N)CC(C)COC)c1. The lowest BCUT2D eigenvalue weighted by molar-refractivity contribution is 0.152. The van der Waals surface area contributed by atoms with Crippen LogP contribution in [0.2, 0.25) is 0 Å². The van der Waals surface area contributed by atoms with Crippen molar-refractivity contribution in [2.75, 3.05) is 13.7 Å². The van der Waals surface area contributed by atoms with Gasteiger partial charge >= 0.3 is 0 Å². The highest BCUT2D eigenvalue weighted by Crippen LogP contribution is 2.20. The van der Waals surface area contributed by atoms with E-state index in [1.54, 1.807) is 7.11 Å². The zero-order valence-electron chi connectivity index (χ0n) is 11.3. The average Bonchev–Trinajstić information content (AvgIpc) is 2.30. The van der Waals surface area contributed by atoms with E-state index in [1.807, 2.05) is 0 Å². The monoisotopic (exact) mass is 235 g/mol. The molecule has 0 aliphatic rings. The maximum Gasteiger partial charge on any atom is 0.0488 e. The average molecular weight is 235 g/mol. The van der Waals surface area contributed by atoms with E-state index in [2.05, 4.69) is 38.1 Å². The van der Waals surface area contributed by atoms with Crippen LogP contribution in [0.25, 0.3) is 0 Å². The van der Waals surface area contributed by atoms with Gasteiger partial charge < -0.3 is 10.5 Å². The van der Waals surface area contributed by atoms with E-state index < -0.39 is 0 Å². The van der Waals surface area contributed by atoms with Crippen LogP contribution >= 0.6 is 0 Å². The van der Waals surface area contributed by atoms with Gasteiger partial charge in [0.1, 0.15) is 0 Å². The molecule has 0 amide bonds. The summed E-state index contributed by atoms with van der Waals surface area (Å²) in [6.45, 7) is 5.16. The number of methoxy groups -OCH3 is 1. The molecule has 2 unspecified atom stereocenters. The summed E-state index contributed by atoms with van der Waals surface area (Å²) in [6, 6.07) is 8.79. The first-order chi connectivity index (χ1) is 8.17. The highest BCUT2D eigenvalue weighted by atomic mass is 16.5. The molecule has 1 aromatic carbocycles. The van der Waals surface area contributed by atoms with E-state index in [4.69, 9.17) is 10.5 Å². The normalized spacial score (nSPS) is 14.6. The second-order valence-electron chi connectivity index (χ2n) is 4.90. The molecule has 96 valence electrons. The van der Waals surface area contributed by atoms with Crippen molar-refractivity contribution in [3.63, 3.8) is 0 Å². The Morgan fingerprint density at radius 2 is 2.12 bits per heavy atom. The van der Waals surface area contributed by atoms with Crippen molar-refractivity contribution in [2.45, 2.75) is 39.2 Å². The van der Waals surface area contributed by atoms with Crippen LogP contribution in [0.4, 0.5) is 0 Å². The van der Waals surface area contributed by atoms with Crippen molar-refractivity contribution in [1.29, 1.82) is 0 Å². The van der Waals surface area contributed by atoms with Gasteiger partial charge in [-0.1, -0.05) is 44.5 Å². The van der Waals surface area contributed by atoms with Gasteiger partial charge in [0.25, 0.3) is 0 Å². The molecule has 2 heteroatoms. The Kier molecular flexibility index (Phi) is 6.23. The van der Waals surface area contributed by atoms with Gasteiger partial charge in [0.15, 0.2) is 0 Å². The fourth-order valence-electron chi connectivity index (χ4n) is 2.19. The molecular formula is C15H25NO. The molecule has 0 bridgehead atoms. The molecule has 0 radical (unpaired) electrons. The Hall–Kier alpha value is -0.860. The molecule has 0 aliphatic heterocycles. The van der Waals surface area contributed by atoms with Crippen LogP contribution in [0.1, 0.15) is 43.9 Å². The van der Waals surface area contributed by atoms with Crippen LogP contribution in [0.5, 0.6) is 0 Å². The van der Waals surface area contributed by atoms with Gasteiger partial charge in [-0.3, -0.25) is 0 Å². The lowest BCUT2D eigenvalue weighted by atomic mass is 9.95. The highest BCUT2D eigenvalue weighted by Gasteiger charge is 2.11. The fourth-order valence-corrected chi connectivity index (χ4v) is 2.19. The lowest BCUT2D eigenvalue weighted by Gasteiger charge is -2.17. The Bertz CT molecular complexity index is 324. The molecule has 1 aromatic rings. The van der Waals surface area contributed by atoms with E-state index in [-0.39, 0.29) is 6.04 Å². The van der Waals surface area contributed by atoms with Gasteiger partial charge in [-0.2, -0.15) is 0 Å². The summed E-state index contributed by atoms with van der Waals surface area (Å²) >= 11 is 0. The first-order valence-corrected chi connectivity index (χ1v) is 6.50. The standard InChI is InChI=1S/C15H25NO/c1-4-6-13-7-5-8-14(10-13)15(16)9-12(2)11-17-3/h5,7-8,10,12,15H,4,6,9,11,16H2,1-3H3. The van der Waals surface area contributed by atoms with Crippen LogP contribution in [0.3, 0.4) is 0 Å². The molecule has 0 spiro atoms. The Morgan fingerprint density at radius 1 is 1.35 bits per heavy atom. The first-order valence-electron chi connectivity index (χ1n) is 6.50. The molecule has 2 N–H and O–H groups in total. The third-order valence-electron chi connectivity index (χ3n) is 3.03. The van der Waals surface area contributed by atoms with Gasteiger partial charge in [-0.25, -0.2) is 0 Å². The molecule has 1 rings (SSSR count). The van der Waals surface area contributed by atoms with Crippen LogP contribution in [-0.2, 0) is 11.2 Å². The van der Waals surface area contributed by atoms with Gasteiger partial charge in [-0.15, -0.1) is 0 Å². The predicted molar refractivity (Wildman–Crippen MR) is 73.0 cm³/mol. The molecule has 2 nitrogen and oxygen atoms in total. The quantitative estimate of drug-likeness (QED) is 0.787. The highest BCUT2D eigenvalue weighted by molar-refractivity contribution is 5.26. The summed E-state index contributed by atoms with van der Waals surface area (Å²) in [6.07, 6.45) is 3.29. The number of rotatable bonds is 7. The summed E-state index contributed by atoms with van der Waals surface area (Å²) < 4.78 is 5.15. The van der Waals surface area contributed by atoms with Crippen molar-refractivity contribution in [3.05, 3.63) is 35.4 Å². The molecular weight excluding hydrogens is 210 g/mol. The van der Waals surface area contributed by atoms with Crippen LogP contribution in [0.15, 0.2) is 24.3 Å². The number of benzene rings is 1. The second kappa shape index (κ2) is 7.46. The minimum Gasteiger partial charge on any atom is -0.384 e. The van der Waals surface area contributed by atoms with Crippen molar-refractivity contribution >= 4 is 0 Å². The van der Waals surface area contributed by atoms with Gasteiger partial charge in [0.2, 0.25) is 0 Å². The van der Waals surface area contributed by atoms with Crippen molar-refractivity contribution in [2.24, 2.45) is 11.7 Å². The summed E-state index contributed by atoms with van der Waals surface area (Å²) in [5, 5.41) is 0. The molecule has 0 heterocycles. The third-order valence-corrected chi connectivity index (χ3v) is 3.03. The van der Waals surface area contributed by atoms with E-state index in [0.717, 1.165) is 19.4 Å². The first kappa shape index (κ1) is 14.2. The summed E-state index contributed by atoms with van der Waals surface area (Å²) in [7, 11) is 1.74. The zero-order valence-corrected chi connectivity index (χ0v) is 11.3. The molecule has 0 fully saturated rings. The van der Waals surface area contributed by atoms with Crippen molar-refractivity contribution in [3.8, 4) is 0 Å². The summed E-state index contributed by atoms with van der Waals surface area (Å²) in [4.78, 5) is 0. The Balaban J connectivity index is 2.61. The summed E-state index contributed by atoms with van der Waals surface area (Å²) in [5.74, 6) is 0.504. The Morgan fingerprint density at radius 3 is 2.76 bits per heavy atom. The van der Waals surface area contributed by atoms with E-state index in [1.165, 1.54) is 17.5 Å². The summed E-state index contributed by atoms with van der Waals surface area (Å²) in [5.41, 5.74) is 8.87. The van der Waals surface area contributed by atoms with E-state index in [0.29, 0.717) is 5.92 Å². The lowest BCUT2D eigenvalue weighted by Crippen LogP contribution is -2.16. The number of hydrogen-bond acceptors (Lipinski definition) is 2. The number of aryl methyl sites for hydroxylation is 1. The zero-order chi connectivity index (χ0) is 12.7. The minimum atomic E-state index is 0.122. The van der Waals surface area contributed by atoms with E-state index >= 15 is 0 Å². The van der Waals surface area contributed by atoms with Crippen LogP contribution in [0, 0.1) is 5.92 Å². The number of nitrogens with two attached hydrogens (primary N) is 1. The fraction of sp³-hybridized carbons (Fsp3) is 0.600. The van der Waals surface area contributed by atoms with Gasteiger partial charge in [0.05, 0.1) is 0 Å². The Labute approximate surface area is 105 Å².